The first-order chi connectivity index (χ1) is 19.4. The first-order valence-electron chi connectivity index (χ1n) is 13.7. The Balaban J connectivity index is 1.96. The summed E-state index contributed by atoms with van der Waals surface area (Å²) in [5, 5.41) is 16.4. The highest BCUT2D eigenvalue weighted by atomic mass is 16.2. The van der Waals surface area contributed by atoms with E-state index >= 15 is 0 Å². The maximum Gasteiger partial charge on any atom is 0.294 e. The number of aromatic nitrogens is 2. The van der Waals surface area contributed by atoms with Crippen molar-refractivity contribution < 1.29 is 9.59 Å². The lowest BCUT2D eigenvalue weighted by Gasteiger charge is -2.20. The van der Waals surface area contributed by atoms with Crippen molar-refractivity contribution in [1.29, 1.82) is 5.41 Å². The lowest BCUT2D eigenvalue weighted by Crippen LogP contribution is -2.36. The summed E-state index contributed by atoms with van der Waals surface area (Å²) in [6.45, 7) is 9.83. The maximum atomic E-state index is 13.6. The highest BCUT2D eigenvalue weighted by Crippen LogP contribution is 2.24. The van der Waals surface area contributed by atoms with Gasteiger partial charge in [-0.15, -0.1) is 0 Å². The molecule has 41 heavy (non-hydrogen) atoms. The second kappa shape index (κ2) is 13.6. The van der Waals surface area contributed by atoms with Crippen molar-refractivity contribution >= 4 is 29.2 Å². The van der Waals surface area contributed by atoms with Crippen molar-refractivity contribution in [3.63, 3.8) is 0 Å². The smallest absolute Gasteiger partial charge is 0.294 e. The number of hydrogen-bond donors (Lipinski definition) is 6. The summed E-state index contributed by atoms with van der Waals surface area (Å²) in [7, 11) is 0. The van der Waals surface area contributed by atoms with Crippen LogP contribution in [0.2, 0.25) is 0 Å². The van der Waals surface area contributed by atoms with Crippen LogP contribution in [0.15, 0.2) is 53.5 Å². The van der Waals surface area contributed by atoms with E-state index in [9.17, 15) is 14.4 Å². The van der Waals surface area contributed by atoms with E-state index in [0.29, 0.717) is 28.1 Å². The standard InChI is InChI=1S/C30H40N8O3/c1-6-18(4)36-29(40)23-11-22(12-24(31)13-23)25-15-35-28(37-19(5)17(2)3)30(41)38(25)16-26(39)34-14-20-7-9-21(10-8-20)27(32)33/h7-13,15,17-19H,6,14,16,31H2,1-5H3,(H3,32,33)(H,34,39)(H,35,37)(H,36,40)/t18-,19-/m0/s1. The van der Waals surface area contributed by atoms with Gasteiger partial charge in [0, 0.05) is 41.0 Å². The fourth-order valence-electron chi connectivity index (χ4n) is 3.90. The molecule has 0 aliphatic carbocycles. The third-order valence-electron chi connectivity index (χ3n) is 6.98. The summed E-state index contributed by atoms with van der Waals surface area (Å²) in [5.41, 5.74) is 14.1. The van der Waals surface area contributed by atoms with E-state index in [1.165, 1.54) is 10.8 Å². The van der Waals surface area contributed by atoms with Crippen molar-refractivity contribution in [2.45, 2.75) is 66.2 Å². The molecule has 8 N–H and O–H groups in total. The van der Waals surface area contributed by atoms with Crippen LogP contribution in [0.1, 0.15) is 62.5 Å². The second-order valence-corrected chi connectivity index (χ2v) is 10.6. The number of amides is 2. The van der Waals surface area contributed by atoms with Crippen LogP contribution >= 0.6 is 0 Å². The van der Waals surface area contributed by atoms with Crippen LogP contribution < -0.4 is 33.0 Å². The summed E-state index contributed by atoms with van der Waals surface area (Å²) in [6.07, 6.45) is 2.28. The zero-order valence-corrected chi connectivity index (χ0v) is 24.2. The largest absolute Gasteiger partial charge is 0.399 e. The number of carbonyl (C=O) groups excluding carboxylic acids is 2. The van der Waals surface area contributed by atoms with Crippen molar-refractivity contribution in [3.05, 3.63) is 75.7 Å². The van der Waals surface area contributed by atoms with Gasteiger partial charge in [-0.2, -0.15) is 0 Å². The number of anilines is 2. The molecule has 0 saturated carbocycles. The molecule has 0 aliphatic rings. The van der Waals surface area contributed by atoms with Gasteiger partial charge in [0.25, 0.3) is 11.5 Å². The molecule has 218 valence electrons. The second-order valence-electron chi connectivity index (χ2n) is 10.6. The van der Waals surface area contributed by atoms with E-state index in [4.69, 9.17) is 16.9 Å². The monoisotopic (exact) mass is 560 g/mol. The van der Waals surface area contributed by atoms with Gasteiger partial charge in [-0.05, 0) is 49.9 Å². The van der Waals surface area contributed by atoms with Gasteiger partial charge in [0.1, 0.15) is 12.4 Å². The molecule has 0 saturated heterocycles. The fourth-order valence-corrected chi connectivity index (χ4v) is 3.90. The van der Waals surface area contributed by atoms with E-state index in [-0.39, 0.29) is 48.7 Å². The van der Waals surface area contributed by atoms with Crippen LogP contribution in [0.5, 0.6) is 0 Å². The van der Waals surface area contributed by atoms with Crippen molar-refractivity contribution in [2.75, 3.05) is 11.1 Å². The average Bonchev–Trinajstić information content (AvgIpc) is 2.93. The SMILES string of the molecule is CC[C@H](C)NC(=O)c1cc(N)cc(-c2cnc(N[C@@H](C)C(C)C)c(=O)n2CC(=O)NCc2ccc(C(=N)N)cc2)c1. The van der Waals surface area contributed by atoms with Gasteiger partial charge in [-0.1, -0.05) is 45.0 Å². The third-order valence-corrected chi connectivity index (χ3v) is 6.98. The Morgan fingerprint density at radius 2 is 1.73 bits per heavy atom. The van der Waals surface area contributed by atoms with Crippen molar-refractivity contribution in [3.8, 4) is 11.3 Å². The molecule has 2 atom stereocenters. The minimum absolute atomic E-state index is 0.0251. The molecule has 2 amide bonds. The minimum atomic E-state index is -0.469. The Bertz CT molecular complexity index is 1460. The summed E-state index contributed by atoms with van der Waals surface area (Å²) in [6, 6.07) is 11.7. The first-order valence-corrected chi connectivity index (χ1v) is 13.7. The Labute approximate surface area is 240 Å². The number of amidine groups is 1. The Kier molecular flexibility index (Phi) is 10.2. The number of nitrogen functional groups attached to an aromatic ring is 2. The Morgan fingerprint density at radius 1 is 1.05 bits per heavy atom. The molecule has 0 aliphatic heterocycles. The van der Waals surface area contributed by atoms with Gasteiger partial charge in [-0.25, -0.2) is 4.98 Å². The number of rotatable bonds is 12. The summed E-state index contributed by atoms with van der Waals surface area (Å²) in [5.74, 6) is -0.351. The number of carbonyl (C=O) groups is 2. The molecule has 3 rings (SSSR count). The molecule has 0 radical (unpaired) electrons. The first kappa shape index (κ1) is 30.9. The molecular weight excluding hydrogens is 520 g/mol. The molecule has 0 bridgehead atoms. The molecule has 3 aromatic rings. The van der Waals surface area contributed by atoms with Gasteiger partial charge in [-0.3, -0.25) is 24.4 Å². The Hall–Kier alpha value is -4.67. The Morgan fingerprint density at radius 3 is 2.34 bits per heavy atom. The lowest BCUT2D eigenvalue weighted by molar-refractivity contribution is -0.121. The summed E-state index contributed by atoms with van der Waals surface area (Å²) < 4.78 is 1.34. The fraction of sp³-hybridized carbons (Fsp3) is 0.367. The van der Waals surface area contributed by atoms with E-state index in [0.717, 1.165) is 12.0 Å². The molecule has 11 nitrogen and oxygen atoms in total. The zero-order valence-electron chi connectivity index (χ0n) is 24.2. The van der Waals surface area contributed by atoms with Crippen LogP contribution in [0.3, 0.4) is 0 Å². The van der Waals surface area contributed by atoms with Gasteiger partial charge in [0.2, 0.25) is 5.91 Å². The number of hydrogen-bond acceptors (Lipinski definition) is 7. The molecular formula is C30H40N8O3. The normalized spacial score (nSPS) is 12.4. The van der Waals surface area contributed by atoms with E-state index in [1.807, 2.05) is 34.6 Å². The van der Waals surface area contributed by atoms with Crippen molar-refractivity contribution in [1.82, 2.24) is 20.2 Å². The topological polar surface area (TPSA) is 181 Å². The van der Waals surface area contributed by atoms with Gasteiger partial charge in [0.15, 0.2) is 5.82 Å². The molecule has 0 fully saturated rings. The van der Waals surface area contributed by atoms with Gasteiger partial charge in [0.05, 0.1) is 11.9 Å². The van der Waals surface area contributed by atoms with Crippen LogP contribution in [0, 0.1) is 11.3 Å². The maximum absolute atomic E-state index is 13.6. The van der Waals surface area contributed by atoms with Gasteiger partial charge < -0.3 is 27.4 Å². The van der Waals surface area contributed by atoms with E-state index in [1.54, 1.807) is 42.5 Å². The average molecular weight is 561 g/mol. The molecule has 11 heteroatoms. The summed E-state index contributed by atoms with van der Waals surface area (Å²) >= 11 is 0. The highest BCUT2D eigenvalue weighted by Gasteiger charge is 2.19. The van der Waals surface area contributed by atoms with E-state index < -0.39 is 11.5 Å². The predicted molar refractivity (Wildman–Crippen MR) is 163 cm³/mol. The third kappa shape index (κ3) is 8.17. The van der Waals surface area contributed by atoms with Crippen LogP contribution in [0.25, 0.3) is 11.3 Å². The highest BCUT2D eigenvalue weighted by molar-refractivity contribution is 5.97. The van der Waals surface area contributed by atoms with Crippen LogP contribution in [-0.2, 0) is 17.9 Å². The van der Waals surface area contributed by atoms with Gasteiger partial charge >= 0.3 is 0 Å². The van der Waals surface area contributed by atoms with Crippen molar-refractivity contribution in [2.24, 2.45) is 11.7 Å². The summed E-state index contributed by atoms with van der Waals surface area (Å²) in [4.78, 5) is 44.0. The number of nitrogens with two attached hydrogens (primary N) is 2. The quantitative estimate of drug-likeness (QED) is 0.112. The van der Waals surface area contributed by atoms with Crippen LogP contribution in [0.4, 0.5) is 11.5 Å². The predicted octanol–water partition coefficient (Wildman–Crippen LogP) is 3.08. The number of nitrogens with zero attached hydrogens (tertiary/aromatic N) is 2. The minimum Gasteiger partial charge on any atom is -0.399 e. The molecule has 0 spiro atoms. The van der Waals surface area contributed by atoms with E-state index in [2.05, 4.69) is 20.9 Å². The zero-order chi connectivity index (χ0) is 30.3. The molecule has 0 unspecified atom stereocenters. The molecule has 1 heterocycles. The molecule has 2 aromatic carbocycles. The number of nitrogens with one attached hydrogen (secondary N) is 4. The lowest BCUT2D eigenvalue weighted by atomic mass is 10.1. The number of benzene rings is 2. The molecule has 1 aromatic heterocycles. The van der Waals surface area contributed by atoms with Crippen LogP contribution in [-0.4, -0.2) is 39.3 Å².